The van der Waals surface area contributed by atoms with Crippen molar-refractivity contribution in [2.24, 2.45) is 11.7 Å². The maximum Gasteiger partial charge on any atom is 0.317 e. The van der Waals surface area contributed by atoms with E-state index in [0.29, 0.717) is 25.6 Å². The van der Waals surface area contributed by atoms with Gasteiger partial charge in [-0.3, -0.25) is 0 Å². The Kier molecular flexibility index (Phi) is 6.26. The largest absolute Gasteiger partial charge is 0.495 e. The number of likely N-dealkylation sites (tertiary alicyclic amines) is 1. The molecule has 8 nitrogen and oxygen atoms in total. The van der Waals surface area contributed by atoms with Crippen LogP contribution in [0.4, 0.5) is 15.3 Å². The number of piperidine rings is 1. The molecule has 2 aliphatic heterocycles. The minimum atomic E-state index is -0.501. The molecule has 1 atom stereocenters. The minimum Gasteiger partial charge on any atom is -0.495 e. The average Bonchev–Trinajstić information content (AvgIpc) is 3.15. The van der Waals surface area contributed by atoms with Gasteiger partial charge in [0, 0.05) is 38.8 Å². The number of urea groups is 2. The van der Waals surface area contributed by atoms with E-state index in [1.165, 1.54) is 0 Å². The molecule has 8 heteroatoms. The lowest BCUT2D eigenvalue weighted by molar-refractivity contribution is 0.175. The molecule has 2 heterocycles. The summed E-state index contributed by atoms with van der Waals surface area (Å²) in [5.41, 5.74) is 6.26. The van der Waals surface area contributed by atoms with Crippen molar-refractivity contribution in [3.05, 3.63) is 24.3 Å². The van der Waals surface area contributed by atoms with Crippen LogP contribution in [-0.4, -0.2) is 62.8 Å². The van der Waals surface area contributed by atoms with Gasteiger partial charge in [-0.25, -0.2) is 9.59 Å². The van der Waals surface area contributed by atoms with Crippen molar-refractivity contribution < 1.29 is 14.3 Å². The maximum absolute atomic E-state index is 12.4. The number of primary amides is 1. The normalized spacial score (nSPS) is 20.4. The molecule has 0 saturated carbocycles. The third-order valence-electron chi connectivity index (χ3n) is 5.38. The van der Waals surface area contributed by atoms with Gasteiger partial charge in [0.1, 0.15) is 5.75 Å². The molecule has 2 saturated heterocycles. The molecule has 1 unspecified atom stereocenters. The van der Waals surface area contributed by atoms with E-state index >= 15 is 0 Å². The molecule has 1 aromatic rings. The van der Waals surface area contributed by atoms with Gasteiger partial charge in [-0.15, -0.1) is 0 Å². The van der Waals surface area contributed by atoms with Crippen LogP contribution in [0.3, 0.4) is 0 Å². The molecule has 148 valence electrons. The first kappa shape index (κ1) is 19.1. The molecule has 0 bridgehead atoms. The van der Waals surface area contributed by atoms with Gasteiger partial charge >= 0.3 is 12.1 Å². The van der Waals surface area contributed by atoms with Crippen LogP contribution in [0, 0.1) is 5.92 Å². The SMILES string of the molecule is COc1ccccc1N1CCC(CNC(=O)N2CCC(NC(N)=O)CC2)C1. The van der Waals surface area contributed by atoms with Crippen LogP contribution in [0.1, 0.15) is 19.3 Å². The highest BCUT2D eigenvalue weighted by Gasteiger charge is 2.27. The number of ether oxygens (including phenoxy) is 1. The van der Waals surface area contributed by atoms with E-state index in [2.05, 4.69) is 21.6 Å². The van der Waals surface area contributed by atoms with Crippen molar-refractivity contribution in [1.29, 1.82) is 0 Å². The Balaban J connectivity index is 1.42. The molecular weight excluding hydrogens is 346 g/mol. The number of nitrogens with zero attached hydrogens (tertiary/aromatic N) is 2. The molecular formula is C19H29N5O3. The average molecular weight is 375 g/mol. The number of nitrogens with two attached hydrogens (primary N) is 1. The van der Waals surface area contributed by atoms with E-state index in [9.17, 15) is 9.59 Å². The van der Waals surface area contributed by atoms with Gasteiger partial charge in [-0.2, -0.15) is 0 Å². The highest BCUT2D eigenvalue weighted by Crippen LogP contribution is 2.31. The zero-order valence-electron chi connectivity index (χ0n) is 15.8. The van der Waals surface area contributed by atoms with Gasteiger partial charge < -0.3 is 30.9 Å². The minimum absolute atomic E-state index is 0.0248. The van der Waals surface area contributed by atoms with Crippen LogP contribution >= 0.6 is 0 Å². The Hall–Kier alpha value is -2.64. The lowest BCUT2D eigenvalue weighted by Crippen LogP contribution is -2.50. The topological polar surface area (TPSA) is 99.9 Å². The molecule has 27 heavy (non-hydrogen) atoms. The van der Waals surface area contributed by atoms with Crippen molar-refractivity contribution in [3.63, 3.8) is 0 Å². The summed E-state index contributed by atoms with van der Waals surface area (Å²) in [5, 5.41) is 5.78. The number of hydrogen-bond acceptors (Lipinski definition) is 4. The number of methoxy groups -OCH3 is 1. The molecule has 0 radical (unpaired) electrons. The fourth-order valence-electron chi connectivity index (χ4n) is 3.88. The summed E-state index contributed by atoms with van der Waals surface area (Å²) in [6, 6.07) is 7.57. The third-order valence-corrected chi connectivity index (χ3v) is 5.38. The Morgan fingerprint density at radius 1 is 1.19 bits per heavy atom. The van der Waals surface area contributed by atoms with Crippen molar-refractivity contribution in [1.82, 2.24) is 15.5 Å². The monoisotopic (exact) mass is 375 g/mol. The predicted molar refractivity (Wildman–Crippen MR) is 104 cm³/mol. The molecule has 1 aromatic carbocycles. The van der Waals surface area contributed by atoms with Gasteiger partial charge in [-0.1, -0.05) is 12.1 Å². The number of amides is 4. The quantitative estimate of drug-likeness (QED) is 0.723. The number of rotatable bonds is 5. The molecule has 0 spiro atoms. The first-order valence-electron chi connectivity index (χ1n) is 9.53. The van der Waals surface area contributed by atoms with Crippen molar-refractivity contribution in [3.8, 4) is 5.75 Å². The smallest absolute Gasteiger partial charge is 0.317 e. The van der Waals surface area contributed by atoms with Crippen LogP contribution in [0.5, 0.6) is 5.75 Å². The number of nitrogens with one attached hydrogen (secondary N) is 2. The Morgan fingerprint density at radius 3 is 2.63 bits per heavy atom. The van der Waals surface area contributed by atoms with Crippen LogP contribution in [0.2, 0.25) is 0 Å². The summed E-state index contributed by atoms with van der Waals surface area (Å²) in [5.74, 6) is 1.31. The number of anilines is 1. The van der Waals surface area contributed by atoms with Crippen LogP contribution in [-0.2, 0) is 0 Å². The second-order valence-electron chi connectivity index (χ2n) is 7.23. The maximum atomic E-state index is 12.4. The van der Waals surface area contributed by atoms with Gasteiger partial charge in [0.2, 0.25) is 0 Å². The van der Waals surface area contributed by atoms with E-state index in [1.54, 1.807) is 7.11 Å². The number of carbonyl (C=O) groups is 2. The van der Waals surface area contributed by atoms with Crippen LogP contribution in [0.25, 0.3) is 0 Å². The first-order valence-corrected chi connectivity index (χ1v) is 9.53. The van der Waals surface area contributed by atoms with E-state index in [0.717, 1.165) is 43.8 Å². The molecule has 4 N–H and O–H groups in total. The molecule has 3 rings (SSSR count). The highest BCUT2D eigenvalue weighted by molar-refractivity contribution is 5.74. The Morgan fingerprint density at radius 2 is 1.93 bits per heavy atom. The lowest BCUT2D eigenvalue weighted by Gasteiger charge is -2.32. The molecule has 0 aromatic heterocycles. The summed E-state index contributed by atoms with van der Waals surface area (Å²) in [6.45, 7) is 3.81. The number of benzene rings is 1. The van der Waals surface area contributed by atoms with Crippen LogP contribution in [0.15, 0.2) is 24.3 Å². The lowest BCUT2D eigenvalue weighted by atomic mass is 10.1. The molecule has 4 amide bonds. The zero-order valence-corrected chi connectivity index (χ0v) is 15.8. The summed E-state index contributed by atoms with van der Waals surface area (Å²) in [6.07, 6.45) is 2.52. The molecule has 2 fully saturated rings. The first-order chi connectivity index (χ1) is 13.1. The summed E-state index contributed by atoms with van der Waals surface area (Å²) < 4.78 is 5.45. The van der Waals surface area contributed by atoms with Gasteiger partial charge in [0.15, 0.2) is 0 Å². The van der Waals surface area contributed by atoms with Crippen molar-refractivity contribution in [2.75, 3.05) is 44.7 Å². The highest BCUT2D eigenvalue weighted by atomic mass is 16.5. The van der Waals surface area contributed by atoms with E-state index in [4.69, 9.17) is 10.5 Å². The molecule has 0 aliphatic carbocycles. The van der Waals surface area contributed by atoms with Crippen molar-refractivity contribution >= 4 is 17.7 Å². The van der Waals surface area contributed by atoms with E-state index in [1.807, 2.05) is 23.1 Å². The Labute approximate surface area is 160 Å². The second-order valence-corrected chi connectivity index (χ2v) is 7.23. The summed E-state index contributed by atoms with van der Waals surface area (Å²) in [4.78, 5) is 27.4. The summed E-state index contributed by atoms with van der Waals surface area (Å²) >= 11 is 0. The number of hydrogen-bond donors (Lipinski definition) is 3. The standard InChI is InChI=1S/C19H29N5O3/c1-27-17-5-3-2-4-16(17)24-9-6-14(13-24)12-21-19(26)23-10-7-15(8-11-23)22-18(20)25/h2-5,14-15H,6-13H2,1H3,(H,21,26)(H3,20,22,25). The van der Waals surface area contributed by atoms with E-state index in [-0.39, 0.29) is 12.1 Å². The van der Waals surface area contributed by atoms with Gasteiger partial charge in [0.05, 0.1) is 12.8 Å². The second kappa shape index (κ2) is 8.83. The fourth-order valence-corrected chi connectivity index (χ4v) is 3.88. The van der Waals surface area contributed by atoms with Gasteiger partial charge in [-0.05, 0) is 37.3 Å². The number of para-hydroxylation sites is 2. The number of carbonyl (C=O) groups excluding carboxylic acids is 2. The Bertz CT molecular complexity index is 661. The van der Waals surface area contributed by atoms with E-state index < -0.39 is 6.03 Å². The predicted octanol–water partition coefficient (Wildman–Crippen LogP) is 1.36. The van der Waals surface area contributed by atoms with Gasteiger partial charge in [0.25, 0.3) is 0 Å². The van der Waals surface area contributed by atoms with Crippen LogP contribution < -0.4 is 26.0 Å². The fraction of sp³-hybridized carbons (Fsp3) is 0.579. The third kappa shape index (κ3) is 4.96. The van der Waals surface area contributed by atoms with Crippen molar-refractivity contribution in [2.45, 2.75) is 25.3 Å². The molecule has 2 aliphatic rings. The summed E-state index contributed by atoms with van der Waals surface area (Å²) in [7, 11) is 1.69. The zero-order chi connectivity index (χ0) is 19.2.